The lowest BCUT2D eigenvalue weighted by atomic mass is 10.5. The van der Waals surface area contributed by atoms with E-state index in [0.29, 0.717) is 6.10 Å². The molecule has 2 unspecified atom stereocenters. The van der Waals surface area contributed by atoms with Gasteiger partial charge >= 0.3 is 17.1 Å². The minimum atomic E-state index is -2.23. The molecule has 144 valence electrons. The van der Waals surface area contributed by atoms with Crippen LogP contribution in [0.1, 0.15) is 6.42 Å². The molecular weight excluding hydrogens is 373 g/mol. The zero-order valence-electron chi connectivity index (χ0n) is 16.9. The second kappa shape index (κ2) is 9.56. The molecule has 1 fully saturated rings. The molecule has 0 N–H and O–H groups in total. The number of hydrogen-bond acceptors (Lipinski definition) is 5. The molecule has 5 nitrogen and oxygen atoms in total. The first-order valence-electron chi connectivity index (χ1n) is 9.14. The summed E-state index contributed by atoms with van der Waals surface area (Å²) in [5.74, 6) is 0. The predicted octanol–water partition coefficient (Wildman–Crippen LogP) is 3.48. The van der Waals surface area contributed by atoms with Crippen molar-refractivity contribution in [3.63, 3.8) is 0 Å². The summed E-state index contributed by atoms with van der Waals surface area (Å²) in [5, 5.41) is 0. The molecule has 0 bridgehead atoms. The summed E-state index contributed by atoms with van der Waals surface area (Å²) in [6.07, 6.45) is 2.20. The van der Waals surface area contributed by atoms with Crippen LogP contribution in [-0.2, 0) is 22.1 Å². The third kappa shape index (κ3) is 11.3. The molecule has 0 aromatic carbocycles. The van der Waals surface area contributed by atoms with Gasteiger partial charge in [0.15, 0.2) is 8.32 Å². The van der Waals surface area contributed by atoms with Crippen LogP contribution in [0.25, 0.3) is 0 Å². The quantitative estimate of drug-likeness (QED) is 0.264. The fraction of sp³-hybridized carbons (Fsp3) is 1.00. The monoisotopic (exact) mass is 410 g/mol. The Morgan fingerprint density at radius 2 is 1.67 bits per heavy atom. The molecule has 2 atom stereocenters. The van der Waals surface area contributed by atoms with Crippen molar-refractivity contribution in [1.82, 2.24) is 0 Å². The first-order chi connectivity index (χ1) is 10.9. The fourth-order valence-electron chi connectivity index (χ4n) is 2.65. The van der Waals surface area contributed by atoms with E-state index in [-0.39, 0.29) is 0 Å². The normalized spacial score (nSPS) is 21.1. The van der Waals surface area contributed by atoms with Gasteiger partial charge in [0.25, 0.3) is 0 Å². The van der Waals surface area contributed by atoms with Crippen molar-refractivity contribution in [2.75, 3.05) is 26.1 Å². The van der Waals surface area contributed by atoms with Gasteiger partial charge in [0.05, 0.1) is 22.0 Å². The standard InChI is InChI=1S/C15H38O5Si4/c1-21(2)14-18-24(8,11-9-10-16-12-15-13-17-15)20-23(6,7)19-22(3,4)5/h15,21H,9-14H2,1-8H3. The largest absolute Gasteiger partial charge is 0.437 e. The van der Waals surface area contributed by atoms with E-state index in [4.69, 9.17) is 22.1 Å². The van der Waals surface area contributed by atoms with E-state index in [1.807, 2.05) is 0 Å². The van der Waals surface area contributed by atoms with Gasteiger partial charge in [0.2, 0.25) is 0 Å². The molecule has 0 radical (unpaired) electrons. The van der Waals surface area contributed by atoms with E-state index < -0.39 is 34.2 Å². The molecule has 0 aromatic heterocycles. The van der Waals surface area contributed by atoms with Gasteiger partial charge in [-0.25, -0.2) is 0 Å². The van der Waals surface area contributed by atoms with E-state index in [2.05, 4.69) is 52.4 Å². The molecule has 1 saturated heterocycles. The molecular formula is C15H38O5Si4. The summed E-state index contributed by atoms with van der Waals surface area (Å²) < 4.78 is 30.2. The average molecular weight is 411 g/mol. The Balaban J connectivity index is 2.51. The van der Waals surface area contributed by atoms with Crippen molar-refractivity contribution in [3.05, 3.63) is 0 Å². The Kier molecular flexibility index (Phi) is 9.04. The Hall–Kier alpha value is 0.668. The molecule has 9 heteroatoms. The SMILES string of the molecule is C[SiH](C)CO[Si](C)(CCCOCC1CO1)O[Si](C)(C)O[Si](C)(C)C. The number of rotatable bonds is 13. The van der Waals surface area contributed by atoms with Crippen LogP contribution in [0.4, 0.5) is 0 Å². The lowest BCUT2D eigenvalue weighted by Gasteiger charge is -2.38. The van der Waals surface area contributed by atoms with E-state index in [1.54, 1.807) is 0 Å². The van der Waals surface area contributed by atoms with Gasteiger partial charge in [-0.2, -0.15) is 0 Å². The highest BCUT2D eigenvalue weighted by molar-refractivity contribution is 6.86. The molecule has 1 rings (SSSR count). The van der Waals surface area contributed by atoms with E-state index >= 15 is 0 Å². The van der Waals surface area contributed by atoms with Crippen LogP contribution >= 0.6 is 0 Å². The first kappa shape index (κ1) is 22.7. The van der Waals surface area contributed by atoms with Gasteiger partial charge in [0, 0.05) is 12.8 Å². The van der Waals surface area contributed by atoms with Crippen LogP contribution in [0, 0.1) is 0 Å². The van der Waals surface area contributed by atoms with E-state index in [0.717, 1.165) is 38.5 Å². The summed E-state index contributed by atoms with van der Waals surface area (Å²) >= 11 is 0. The van der Waals surface area contributed by atoms with Crippen molar-refractivity contribution in [3.8, 4) is 0 Å². The van der Waals surface area contributed by atoms with Crippen LogP contribution < -0.4 is 0 Å². The van der Waals surface area contributed by atoms with Crippen molar-refractivity contribution in [2.24, 2.45) is 0 Å². The topological polar surface area (TPSA) is 49.5 Å². The molecule has 1 aliphatic heterocycles. The van der Waals surface area contributed by atoms with Gasteiger partial charge in [-0.1, -0.05) is 13.1 Å². The highest BCUT2D eigenvalue weighted by Crippen LogP contribution is 2.25. The second-order valence-electron chi connectivity index (χ2n) is 8.69. The second-order valence-corrected chi connectivity index (χ2v) is 23.5. The lowest BCUT2D eigenvalue weighted by molar-refractivity contribution is 0.115. The molecule has 0 aliphatic carbocycles. The van der Waals surface area contributed by atoms with Gasteiger partial charge < -0.3 is 22.1 Å². The minimum Gasteiger partial charge on any atom is -0.437 e. The van der Waals surface area contributed by atoms with Crippen molar-refractivity contribution in [2.45, 2.75) is 70.9 Å². The third-order valence-electron chi connectivity index (χ3n) is 3.36. The van der Waals surface area contributed by atoms with Gasteiger partial charge in [-0.3, -0.25) is 0 Å². The molecule has 0 spiro atoms. The smallest absolute Gasteiger partial charge is 0.325 e. The van der Waals surface area contributed by atoms with Crippen molar-refractivity contribution in [1.29, 1.82) is 0 Å². The summed E-state index contributed by atoms with van der Waals surface area (Å²) in [6.45, 7) is 20.1. The van der Waals surface area contributed by atoms with Crippen LogP contribution in [0.3, 0.4) is 0 Å². The number of ether oxygens (including phenoxy) is 2. The van der Waals surface area contributed by atoms with Crippen LogP contribution in [-0.4, -0.2) is 66.4 Å². The highest BCUT2D eigenvalue weighted by atomic mass is 28.5. The zero-order chi connectivity index (χ0) is 18.4. The molecule has 0 saturated carbocycles. The van der Waals surface area contributed by atoms with E-state index in [1.165, 1.54) is 0 Å². The fourth-order valence-corrected chi connectivity index (χ4v) is 17.6. The summed E-state index contributed by atoms with van der Waals surface area (Å²) in [5.41, 5.74) is 0. The maximum Gasteiger partial charge on any atom is 0.325 e. The molecule has 24 heavy (non-hydrogen) atoms. The van der Waals surface area contributed by atoms with Gasteiger partial charge in [-0.05, 0) is 51.7 Å². The third-order valence-corrected chi connectivity index (χ3v) is 14.7. The zero-order valence-corrected chi connectivity index (χ0v) is 21.1. The Labute approximate surface area is 153 Å². The summed E-state index contributed by atoms with van der Waals surface area (Å²) in [4.78, 5) is 0. The highest BCUT2D eigenvalue weighted by Gasteiger charge is 2.42. The van der Waals surface area contributed by atoms with Crippen molar-refractivity contribution < 1.29 is 22.1 Å². The molecule has 0 aromatic rings. The maximum atomic E-state index is 6.60. The van der Waals surface area contributed by atoms with Crippen LogP contribution in [0.2, 0.25) is 58.4 Å². The predicted molar refractivity (Wildman–Crippen MR) is 109 cm³/mol. The number of hydrogen-bond donors (Lipinski definition) is 0. The van der Waals surface area contributed by atoms with E-state index in [9.17, 15) is 0 Å². The van der Waals surface area contributed by atoms with Gasteiger partial charge in [0.1, 0.15) is 6.10 Å². The minimum absolute atomic E-state index is 0.338. The maximum absolute atomic E-state index is 6.60. The summed E-state index contributed by atoms with van der Waals surface area (Å²) in [7, 11) is -6.77. The van der Waals surface area contributed by atoms with Crippen LogP contribution in [0.5, 0.6) is 0 Å². The number of epoxide rings is 1. The molecule has 0 amide bonds. The summed E-state index contributed by atoms with van der Waals surface area (Å²) in [6, 6.07) is 0.963. The molecule has 1 aliphatic rings. The van der Waals surface area contributed by atoms with Crippen LogP contribution in [0.15, 0.2) is 0 Å². The Morgan fingerprint density at radius 3 is 2.17 bits per heavy atom. The average Bonchev–Trinajstić information content (AvgIpc) is 3.16. The molecule has 1 heterocycles. The first-order valence-corrected chi connectivity index (χ1v) is 21.0. The Bertz CT molecular complexity index is 371. The Morgan fingerprint density at radius 1 is 1.04 bits per heavy atom. The lowest BCUT2D eigenvalue weighted by Crippen LogP contribution is -2.54. The van der Waals surface area contributed by atoms with Gasteiger partial charge in [-0.15, -0.1) is 0 Å². The van der Waals surface area contributed by atoms with Crippen molar-refractivity contribution >= 4 is 34.2 Å².